The summed E-state index contributed by atoms with van der Waals surface area (Å²) in [7, 11) is 0. The highest BCUT2D eigenvalue weighted by Gasteiger charge is 2.18. The van der Waals surface area contributed by atoms with Crippen molar-refractivity contribution in [2.24, 2.45) is 11.5 Å². The highest BCUT2D eigenvalue weighted by Crippen LogP contribution is 2.30. The number of rotatable bonds is 10. The van der Waals surface area contributed by atoms with Gasteiger partial charge in [-0.25, -0.2) is 9.97 Å². The summed E-state index contributed by atoms with van der Waals surface area (Å²) < 4.78 is 2.24. The molecular weight excluding hydrogens is 442 g/mol. The third-order valence-corrected chi connectivity index (χ3v) is 6.03. The third kappa shape index (κ3) is 5.41. The van der Waals surface area contributed by atoms with Crippen molar-refractivity contribution in [3.05, 3.63) is 65.5 Å². The van der Waals surface area contributed by atoms with E-state index in [2.05, 4.69) is 27.9 Å². The zero-order valence-corrected chi connectivity index (χ0v) is 19.8. The van der Waals surface area contributed by atoms with E-state index in [-0.39, 0.29) is 6.42 Å². The van der Waals surface area contributed by atoms with Gasteiger partial charge in [0.25, 0.3) is 0 Å². The number of carbonyl (C=O) groups excluding carboxylic acids is 2. The molecule has 0 bridgehead atoms. The van der Waals surface area contributed by atoms with Crippen molar-refractivity contribution in [1.29, 1.82) is 0 Å². The molecule has 0 aliphatic rings. The maximum Gasteiger partial charge on any atom is 0.237 e. The van der Waals surface area contributed by atoms with Gasteiger partial charge in [-0.3, -0.25) is 9.59 Å². The van der Waals surface area contributed by atoms with E-state index in [0.717, 1.165) is 58.2 Å². The number of primary amides is 1. The van der Waals surface area contributed by atoms with Crippen LogP contribution >= 0.6 is 0 Å². The van der Waals surface area contributed by atoms with Crippen LogP contribution in [-0.2, 0) is 29.1 Å². The minimum Gasteiger partial charge on any atom is -0.382 e. The van der Waals surface area contributed by atoms with Crippen molar-refractivity contribution < 1.29 is 9.59 Å². The van der Waals surface area contributed by atoms with E-state index in [1.807, 2.05) is 42.5 Å². The molecule has 2 aromatic heterocycles. The molecule has 0 aliphatic heterocycles. The fourth-order valence-corrected chi connectivity index (χ4v) is 4.18. The molecule has 0 unspecified atom stereocenters. The van der Waals surface area contributed by atoms with Crippen LogP contribution in [0.25, 0.3) is 21.9 Å². The number of carbonyl (C=O) groups is 2. The lowest BCUT2D eigenvalue weighted by atomic mass is 10.1. The molecule has 7 N–H and O–H groups in total. The van der Waals surface area contributed by atoms with Crippen LogP contribution in [0.3, 0.4) is 0 Å². The monoisotopic (exact) mass is 473 g/mol. The van der Waals surface area contributed by atoms with Gasteiger partial charge < -0.3 is 27.1 Å². The molecule has 0 saturated carbocycles. The van der Waals surface area contributed by atoms with E-state index < -0.39 is 17.9 Å². The summed E-state index contributed by atoms with van der Waals surface area (Å²) in [5.74, 6) is 0.423. The van der Waals surface area contributed by atoms with Crippen LogP contribution in [0.2, 0.25) is 0 Å². The van der Waals surface area contributed by atoms with Crippen LogP contribution in [-0.4, -0.2) is 32.4 Å². The molecule has 0 aliphatic carbocycles. The van der Waals surface area contributed by atoms with Gasteiger partial charge in [0.05, 0.1) is 23.5 Å². The van der Waals surface area contributed by atoms with Gasteiger partial charge in [0.2, 0.25) is 11.8 Å². The Morgan fingerprint density at radius 3 is 2.49 bits per heavy atom. The van der Waals surface area contributed by atoms with Crippen LogP contribution < -0.4 is 22.5 Å². The quantitative estimate of drug-likeness (QED) is 0.277. The third-order valence-electron chi connectivity index (χ3n) is 6.03. The van der Waals surface area contributed by atoms with Gasteiger partial charge in [0.15, 0.2) is 5.82 Å². The summed E-state index contributed by atoms with van der Waals surface area (Å²) in [5.41, 5.74) is 21.7. The molecule has 2 aromatic carbocycles. The van der Waals surface area contributed by atoms with Crippen molar-refractivity contribution >= 4 is 39.6 Å². The highest BCUT2D eigenvalue weighted by molar-refractivity contribution is 6.06. The number of hydrogen-bond donors (Lipinski definition) is 4. The molecule has 182 valence electrons. The van der Waals surface area contributed by atoms with Crippen molar-refractivity contribution in [2.75, 3.05) is 5.73 Å². The standard InChI is InChI=1S/C26H31N7O2/c1-2-3-8-22-32-23-24(18-6-4-5-7-20(18)31-25(23)29)33(22)15-17-11-9-16(10-12-17)14-30-26(35)19(27)13-21(28)34/h4-7,9-12,19H,2-3,8,13-15,27H2,1H3,(H2,28,34)(H2,29,31)(H,30,35)/t19-/m0/s1. The summed E-state index contributed by atoms with van der Waals surface area (Å²) in [6.45, 7) is 3.11. The highest BCUT2D eigenvalue weighted by atomic mass is 16.2. The number of imidazole rings is 1. The number of anilines is 1. The van der Waals surface area contributed by atoms with Crippen LogP contribution in [0.5, 0.6) is 0 Å². The van der Waals surface area contributed by atoms with Gasteiger partial charge in [0.1, 0.15) is 11.3 Å². The number of nitrogen functional groups attached to an aromatic ring is 1. The first kappa shape index (κ1) is 24.2. The van der Waals surface area contributed by atoms with Crippen molar-refractivity contribution in [3.63, 3.8) is 0 Å². The van der Waals surface area contributed by atoms with Gasteiger partial charge in [0, 0.05) is 24.9 Å². The molecule has 9 nitrogen and oxygen atoms in total. The molecule has 2 heterocycles. The Bertz CT molecular complexity index is 1360. The van der Waals surface area contributed by atoms with Crippen LogP contribution in [0.15, 0.2) is 48.5 Å². The number of para-hydroxylation sites is 1. The zero-order valence-electron chi connectivity index (χ0n) is 19.8. The number of unbranched alkanes of at least 4 members (excludes halogenated alkanes) is 1. The summed E-state index contributed by atoms with van der Waals surface area (Å²) in [6.07, 6.45) is 2.78. The fourth-order valence-electron chi connectivity index (χ4n) is 4.18. The molecule has 9 heteroatoms. The number of nitrogens with one attached hydrogen (secondary N) is 1. The van der Waals surface area contributed by atoms with Gasteiger partial charge in [-0.1, -0.05) is 55.8 Å². The lowest BCUT2D eigenvalue weighted by molar-refractivity contribution is -0.126. The average Bonchev–Trinajstić information content (AvgIpc) is 3.20. The number of benzene rings is 2. The molecule has 4 rings (SSSR count). The second-order valence-corrected chi connectivity index (χ2v) is 8.74. The molecule has 4 aromatic rings. The summed E-state index contributed by atoms with van der Waals surface area (Å²) in [6, 6.07) is 15.0. The topological polar surface area (TPSA) is 155 Å². The van der Waals surface area contributed by atoms with E-state index in [1.165, 1.54) is 0 Å². The summed E-state index contributed by atoms with van der Waals surface area (Å²) >= 11 is 0. The number of nitrogens with two attached hydrogens (primary N) is 3. The Balaban J connectivity index is 1.59. The van der Waals surface area contributed by atoms with Crippen LogP contribution in [0, 0.1) is 0 Å². The van der Waals surface area contributed by atoms with E-state index in [1.54, 1.807) is 0 Å². The van der Waals surface area contributed by atoms with Crippen molar-refractivity contribution in [2.45, 2.75) is 51.7 Å². The first-order chi connectivity index (χ1) is 16.9. The maximum atomic E-state index is 12.0. The normalized spacial score (nSPS) is 12.2. The number of pyridine rings is 1. The lowest BCUT2D eigenvalue weighted by Crippen LogP contribution is -2.42. The van der Waals surface area contributed by atoms with Crippen LogP contribution in [0.4, 0.5) is 5.82 Å². The summed E-state index contributed by atoms with van der Waals surface area (Å²) in [4.78, 5) is 32.4. The van der Waals surface area contributed by atoms with Gasteiger partial charge in [-0.15, -0.1) is 0 Å². The van der Waals surface area contributed by atoms with Gasteiger partial charge in [-0.2, -0.15) is 0 Å². The Kier molecular flexibility index (Phi) is 7.26. The molecule has 0 radical (unpaired) electrons. The number of fused-ring (bicyclic) bond motifs is 3. The number of aryl methyl sites for hydroxylation is 1. The number of aromatic nitrogens is 3. The molecule has 2 amide bonds. The molecular formula is C26H31N7O2. The molecule has 0 fully saturated rings. The molecule has 0 spiro atoms. The number of nitrogens with zero attached hydrogens (tertiary/aromatic N) is 3. The van der Waals surface area contributed by atoms with E-state index in [0.29, 0.717) is 18.9 Å². The minimum atomic E-state index is -0.945. The predicted octanol–water partition coefficient (Wildman–Crippen LogP) is 2.38. The summed E-state index contributed by atoms with van der Waals surface area (Å²) in [5, 5.41) is 3.77. The van der Waals surface area contributed by atoms with Gasteiger partial charge >= 0.3 is 0 Å². The number of amides is 2. The Hall–Kier alpha value is -3.98. The molecule has 0 saturated heterocycles. The van der Waals surface area contributed by atoms with E-state index in [9.17, 15) is 9.59 Å². The Morgan fingerprint density at radius 1 is 1.06 bits per heavy atom. The SMILES string of the molecule is CCCCc1nc2c(N)nc3ccccc3c2n1Cc1ccc(CNC(=O)[C@@H](N)CC(N)=O)cc1. The maximum absolute atomic E-state index is 12.0. The van der Waals surface area contributed by atoms with Crippen molar-refractivity contribution in [1.82, 2.24) is 19.9 Å². The second kappa shape index (κ2) is 10.5. The minimum absolute atomic E-state index is 0.182. The molecule has 1 atom stereocenters. The Morgan fingerprint density at radius 2 is 1.77 bits per heavy atom. The zero-order chi connectivity index (χ0) is 24.9. The average molecular weight is 474 g/mol. The number of hydrogen-bond acceptors (Lipinski definition) is 6. The first-order valence-electron chi connectivity index (χ1n) is 11.8. The largest absolute Gasteiger partial charge is 0.382 e. The van der Waals surface area contributed by atoms with E-state index in [4.69, 9.17) is 22.2 Å². The smallest absolute Gasteiger partial charge is 0.237 e. The lowest BCUT2D eigenvalue weighted by Gasteiger charge is -2.13. The van der Waals surface area contributed by atoms with Crippen molar-refractivity contribution in [3.8, 4) is 0 Å². The Labute approximate surface area is 203 Å². The fraction of sp³-hybridized carbons (Fsp3) is 0.308. The molecule has 35 heavy (non-hydrogen) atoms. The van der Waals surface area contributed by atoms with Crippen LogP contribution in [0.1, 0.15) is 43.1 Å². The van der Waals surface area contributed by atoms with E-state index >= 15 is 0 Å². The van der Waals surface area contributed by atoms with Gasteiger partial charge in [-0.05, 0) is 23.6 Å². The first-order valence-corrected chi connectivity index (χ1v) is 11.8. The second-order valence-electron chi connectivity index (χ2n) is 8.74. The predicted molar refractivity (Wildman–Crippen MR) is 137 cm³/mol.